The zero-order valence-electron chi connectivity index (χ0n) is 10.9. The van der Waals surface area contributed by atoms with Gasteiger partial charge in [-0.05, 0) is 35.9 Å². The molecule has 0 amide bonds. The molecule has 2 aromatic rings. The van der Waals surface area contributed by atoms with Gasteiger partial charge in [0, 0.05) is 10.7 Å². The van der Waals surface area contributed by atoms with E-state index in [0.717, 1.165) is 11.3 Å². The van der Waals surface area contributed by atoms with Gasteiger partial charge in [-0.25, -0.2) is 4.79 Å². The minimum absolute atomic E-state index is 0.172. The Balaban J connectivity index is 2.00. The lowest BCUT2D eigenvalue weighted by molar-refractivity contribution is 0.0474. The van der Waals surface area contributed by atoms with E-state index in [4.69, 9.17) is 26.8 Å². The molecule has 5 heteroatoms. The maximum absolute atomic E-state index is 11.9. The molecule has 0 radical (unpaired) electrons. The number of anilines is 1. The molecule has 2 aromatic carbocycles. The summed E-state index contributed by atoms with van der Waals surface area (Å²) in [7, 11) is 1.60. The summed E-state index contributed by atoms with van der Waals surface area (Å²) in [5.74, 6) is 0.275. The van der Waals surface area contributed by atoms with Crippen LogP contribution in [0.1, 0.15) is 15.9 Å². The van der Waals surface area contributed by atoms with Crippen molar-refractivity contribution in [2.24, 2.45) is 0 Å². The number of nitrogens with two attached hydrogens (primary N) is 1. The van der Waals surface area contributed by atoms with Crippen LogP contribution in [0.4, 0.5) is 5.69 Å². The third kappa shape index (κ3) is 3.42. The monoisotopic (exact) mass is 291 g/mol. The van der Waals surface area contributed by atoms with Gasteiger partial charge in [0.15, 0.2) is 0 Å². The predicted octanol–water partition coefficient (Wildman–Crippen LogP) is 3.29. The second-order valence-electron chi connectivity index (χ2n) is 4.16. The third-order valence-corrected chi connectivity index (χ3v) is 3.00. The van der Waals surface area contributed by atoms with Crippen LogP contribution in [0.3, 0.4) is 0 Å². The van der Waals surface area contributed by atoms with Crippen molar-refractivity contribution in [2.45, 2.75) is 6.61 Å². The second-order valence-corrected chi connectivity index (χ2v) is 4.59. The Labute approximate surface area is 122 Å². The summed E-state index contributed by atoms with van der Waals surface area (Å²) in [6.07, 6.45) is 0. The summed E-state index contributed by atoms with van der Waals surface area (Å²) >= 11 is 5.78. The molecular formula is C15H14ClNO3. The van der Waals surface area contributed by atoms with Gasteiger partial charge < -0.3 is 15.2 Å². The number of benzene rings is 2. The first-order chi connectivity index (χ1) is 9.60. The Hall–Kier alpha value is -2.20. The molecular weight excluding hydrogens is 278 g/mol. The quantitative estimate of drug-likeness (QED) is 0.693. The van der Waals surface area contributed by atoms with Crippen molar-refractivity contribution in [2.75, 3.05) is 12.8 Å². The van der Waals surface area contributed by atoms with E-state index in [2.05, 4.69) is 0 Å². The number of halogens is 1. The van der Waals surface area contributed by atoms with Gasteiger partial charge in [0.25, 0.3) is 0 Å². The minimum Gasteiger partial charge on any atom is -0.497 e. The summed E-state index contributed by atoms with van der Waals surface area (Å²) in [6, 6.07) is 11.9. The summed E-state index contributed by atoms with van der Waals surface area (Å²) in [4.78, 5) is 11.9. The number of carbonyl (C=O) groups excluding carboxylic acids is 1. The fourth-order valence-electron chi connectivity index (χ4n) is 1.67. The van der Waals surface area contributed by atoms with Gasteiger partial charge in [0.2, 0.25) is 0 Å². The van der Waals surface area contributed by atoms with Crippen molar-refractivity contribution < 1.29 is 14.3 Å². The van der Waals surface area contributed by atoms with E-state index in [0.29, 0.717) is 16.3 Å². The lowest BCUT2D eigenvalue weighted by atomic mass is 10.2. The highest BCUT2D eigenvalue weighted by molar-refractivity contribution is 6.31. The summed E-state index contributed by atoms with van der Waals surface area (Å²) in [5.41, 5.74) is 7.21. The first-order valence-corrected chi connectivity index (χ1v) is 6.33. The molecule has 4 nitrogen and oxygen atoms in total. The molecule has 0 atom stereocenters. The normalized spacial score (nSPS) is 10.1. The molecule has 0 aromatic heterocycles. The highest BCUT2D eigenvalue weighted by Crippen LogP contribution is 2.19. The molecule has 0 unspecified atom stereocenters. The first-order valence-electron chi connectivity index (χ1n) is 5.95. The Kier molecular flexibility index (Phi) is 4.48. The highest BCUT2D eigenvalue weighted by Gasteiger charge is 2.11. The Morgan fingerprint density at radius 1 is 1.20 bits per heavy atom. The van der Waals surface area contributed by atoms with Crippen LogP contribution in [0, 0.1) is 0 Å². The Morgan fingerprint density at radius 2 is 1.90 bits per heavy atom. The molecule has 0 fully saturated rings. The predicted molar refractivity (Wildman–Crippen MR) is 78.0 cm³/mol. The molecule has 2 N–H and O–H groups in total. The Bertz CT molecular complexity index is 611. The molecule has 0 bridgehead atoms. The lowest BCUT2D eigenvalue weighted by Crippen LogP contribution is -2.08. The van der Waals surface area contributed by atoms with Crippen LogP contribution in [0.2, 0.25) is 5.02 Å². The van der Waals surface area contributed by atoms with E-state index in [1.807, 2.05) is 12.1 Å². The summed E-state index contributed by atoms with van der Waals surface area (Å²) in [6.45, 7) is 0.172. The molecule has 20 heavy (non-hydrogen) atoms. The van der Waals surface area contributed by atoms with E-state index in [1.54, 1.807) is 31.4 Å². The van der Waals surface area contributed by atoms with Crippen LogP contribution in [-0.4, -0.2) is 13.1 Å². The molecule has 0 aliphatic carbocycles. The summed E-state index contributed by atoms with van der Waals surface area (Å²) < 4.78 is 10.3. The van der Waals surface area contributed by atoms with Gasteiger partial charge in [-0.15, -0.1) is 0 Å². The van der Waals surface area contributed by atoms with Crippen LogP contribution in [0.25, 0.3) is 0 Å². The van der Waals surface area contributed by atoms with E-state index in [9.17, 15) is 4.79 Å². The summed E-state index contributed by atoms with van der Waals surface area (Å²) in [5, 5.41) is 0.481. The maximum atomic E-state index is 11.9. The van der Waals surface area contributed by atoms with Crippen LogP contribution >= 0.6 is 11.6 Å². The number of rotatable bonds is 4. The smallest absolute Gasteiger partial charge is 0.340 e. The van der Waals surface area contributed by atoms with Crippen molar-refractivity contribution in [3.8, 4) is 5.75 Å². The number of hydrogen-bond acceptors (Lipinski definition) is 4. The molecule has 0 aliphatic heterocycles. The number of ether oxygens (including phenoxy) is 2. The van der Waals surface area contributed by atoms with Crippen molar-refractivity contribution in [3.05, 3.63) is 58.6 Å². The number of esters is 1. The van der Waals surface area contributed by atoms with Gasteiger partial charge in [-0.3, -0.25) is 0 Å². The van der Waals surface area contributed by atoms with Crippen molar-refractivity contribution >= 4 is 23.3 Å². The largest absolute Gasteiger partial charge is 0.497 e. The van der Waals surface area contributed by atoms with Crippen LogP contribution in [0.5, 0.6) is 5.75 Å². The fraction of sp³-hybridized carbons (Fsp3) is 0.133. The molecule has 104 valence electrons. The zero-order chi connectivity index (χ0) is 14.5. The average Bonchev–Trinajstić information content (AvgIpc) is 2.45. The van der Waals surface area contributed by atoms with Gasteiger partial charge in [-0.1, -0.05) is 23.7 Å². The molecule has 0 heterocycles. The second kappa shape index (κ2) is 6.30. The zero-order valence-corrected chi connectivity index (χ0v) is 11.7. The van der Waals surface area contributed by atoms with Crippen LogP contribution < -0.4 is 10.5 Å². The molecule has 0 saturated carbocycles. The number of hydrogen-bond donors (Lipinski definition) is 1. The number of nitrogen functional groups attached to an aromatic ring is 1. The highest BCUT2D eigenvalue weighted by atomic mass is 35.5. The first kappa shape index (κ1) is 14.2. The van der Waals surface area contributed by atoms with E-state index >= 15 is 0 Å². The third-order valence-electron chi connectivity index (χ3n) is 2.76. The van der Waals surface area contributed by atoms with Crippen LogP contribution in [-0.2, 0) is 11.3 Å². The fourth-order valence-corrected chi connectivity index (χ4v) is 1.85. The van der Waals surface area contributed by atoms with Gasteiger partial charge >= 0.3 is 5.97 Å². The molecule has 0 aliphatic rings. The van der Waals surface area contributed by atoms with Crippen molar-refractivity contribution in [3.63, 3.8) is 0 Å². The minimum atomic E-state index is -0.477. The topological polar surface area (TPSA) is 61.5 Å². The average molecular weight is 292 g/mol. The maximum Gasteiger partial charge on any atom is 0.340 e. The van der Waals surface area contributed by atoms with Crippen molar-refractivity contribution in [1.29, 1.82) is 0 Å². The van der Waals surface area contributed by atoms with Gasteiger partial charge in [0.05, 0.1) is 12.7 Å². The molecule has 0 saturated heterocycles. The number of carbonyl (C=O) groups is 1. The molecule has 2 rings (SSSR count). The molecule has 0 spiro atoms. The SMILES string of the molecule is COc1ccc(COC(=O)c2ccc(Cl)cc2N)cc1. The van der Waals surface area contributed by atoms with E-state index < -0.39 is 5.97 Å². The van der Waals surface area contributed by atoms with E-state index in [-0.39, 0.29) is 6.61 Å². The standard InChI is InChI=1S/C15H14ClNO3/c1-19-12-5-2-10(3-6-12)9-20-15(18)13-7-4-11(16)8-14(13)17/h2-8H,9,17H2,1H3. The lowest BCUT2D eigenvalue weighted by Gasteiger charge is -2.08. The van der Waals surface area contributed by atoms with Gasteiger partial charge in [-0.2, -0.15) is 0 Å². The van der Waals surface area contributed by atoms with Crippen molar-refractivity contribution in [1.82, 2.24) is 0 Å². The van der Waals surface area contributed by atoms with Crippen LogP contribution in [0.15, 0.2) is 42.5 Å². The van der Waals surface area contributed by atoms with Gasteiger partial charge in [0.1, 0.15) is 12.4 Å². The Morgan fingerprint density at radius 3 is 2.50 bits per heavy atom. The van der Waals surface area contributed by atoms with E-state index in [1.165, 1.54) is 6.07 Å². The number of methoxy groups -OCH3 is 1.